The minimum atomic E-state index is -0.821. The van der Waals surface area contributed by atoms with Crippen LogP contribution in [0, 0.1) is 0 Å². The van der Waals surface area contributed by atoms with Gasteiger partial charge in [0.25, 0.3) is 11.8 Å². The van der Waals surface area contributed by atoms with Crippen molar-refractivity contribution < 1.29 is 19.4 Å². The van der Waals surface area contributed by atoms with Gasteiger partial charge in [-0.05, 0) is 12.3 Å². The second-order valence-corrected chi connectivity index (χ2v) is 6.14. The van der Waals surface area contributed by atoms with Gasteiger partial charge in [-0.1, -0.05) is 0 Å². The van der Waals surface area contributed by atoms with Gasteiger partial charge in [0.2, 0.25) is 21.7 Å². The summed E-state index contributed by atoms with van der Waals surface area (Å²) in [5.74, 6) is -1.67. The molecule has 8 nitrogen and oxygen atoms in total. The fourth-order valence-corrected chi connectivity index (χ4v) is 3.21. The van der Waals surface area contributed by atoms with Gasteiger partial charge in [0.1, 0.15) is 5.56 Å². The number of hydrogen-bond donors (Lipinski definition) is 2. The van der Waals surface area contributed by atoms with Crippen LogP contribution in [0.1, 0.15) is 27.8 Å². The van der Waals surface area contributed by atoms with E-state index in [4.69, 9.17) is 4.74 Å². The maximum atomic E-state index is 12.5. The minimum Gasteiger partial charge on any atom is -0.503 e. The molecule has 0 radical (unpaired) electrons. The highest BCUT2D eigenvalue weighted by atomic mass is 27.0. The van der Waals surface area contributed by atoms with E-state index in [0.717, 1.165) is 16.3 Å². The van der Waals surface area contributed by atoms with Crippen LogP contribution in [0.2, 0.25) is 0 Å². The Morgan fingerprint density at radius 2 is 2.27 bits per heavy atom. The zero-order valence-corrected chi connectivity index (χ0v) is 14.3. The Morgan fingerprint density at radius 3 is 2.95 bits per heavy atom. The Bertz CT molecular complexity index is 716. The highest BCUT2D eigenvalue weighted by molar-refractivity contribution is 6.11. The number of nitrogens with zero attached hydrogens (tertiary/aromatic N) is 2. The third-order valence-corrected chi connectivity index (χ3v) is 4.30. The van der Waals surface area contributed by atoms with Crippen LogP contribution in [-0.2, 0) is 11.3 Å². The summed E-state index contributed by atoms with van der Waals surface area (Å²) in [4.78, 5) is 38.1. The van der Waals surface area contributed by atoms with E-state index in [2.05, 4.69) is 5.32 Å². The van der Waals surface area contributed by atoms with Crippen LogP contribution < -0.4 is 10.7 Å². The van der Waals surface area contributed by atoms with Crippen molar-refractivity contribution in [1.82, 2.24) is 14.8 Å². The summed E-state index contributed by atoms with van der Waals surface area (Å²) >= 11 is 0.755. The summed E-state index contributed by atoms with van der Waals surface area (Å²) in [6.07, 6.45) is 0.886. The highest BCUT2D eigenvalue weighted by Crippen LogP contribution is 2.29. The van der Waals surface area contributed by atoms with Gasteiger partial charge in [0.05, 0.1) is 19.2 Å². The minimum absolute atomic E-state index is 0.0824. The first-order chi connectivity index (χ1) is 10.5. The summed E-state index contributed by atoms with van der Waals surface area (Å²) in [5.41, 5.74) is -1.07. The third kappa shape index (κ3) is 2.13. The van der Waals surface area contributed by atoms with Crippen molar-refractivity contribution in [2.45, 2.75) is 25.7 Å². The first kappa shape index (κ1) is 15.1. The summed E-state index contributed by atoms with van der Waals surface area (Å²) in [5, 5.41) is 13.2. The van der Waals surface area contributed by atoms with E-state index in [9.17, 15) is 19.5 Å². The summed E-state index contributed by atoms with van der Waals surface area (Å²) < 4.78 is 6.97. The molecule has 3 rings (SSSR count). The van der Waals surface area contributed by atoms with E-state index in [1.54, 1.807) is 0 Å². The lowest BCUT2D eigenvalue weighted by Gasteiger charge is -2.33. The zero-order valence-electron chi connectivity index (χ0n) is 12.3. The molecule has 2 aliphatic heterocycles. The Hall–Kier alpha value is -1.82. The van der Waals surface area contributed by atoms with Crippen LogP contribution in [0.4, 0.5) is 0 Å². The van der Waals surface area contributed by atoms with Gasteiger partial charge in [-0.15, -0.1) is 0 Å². The predicted molar refractivity (Wildman–Crippen MR) is 78.6 cm³/mol. The standard InChI is InChI=1S/C13H14N3O5.Al.2H/c1-6-5-21-8-4-15-3-7(12(19)14-2)10(17)11(18)9(15)13(20)16(6)8;;;/h3,6,8,18H,2,4-5H2,1H3,(H,14,19);;;/t6-,8+;;;/m0.../s1. The van der Waals surface area contributed by atoms with Crippen molar-refractivity contribution in [1.29, 1.82) is 0 Å². The molecule has 1 aromatic heterocycles. The van der Waals surface area contributed by atoms with Gasteiger partial charge in [-0.2, -0.15) is 0 Å². The number of hydrogen-bond acceptors (Lipinski definition) is 5. The lowest BCUT2D eigenvalue weighted by Crippen LogP contribution is -2.49. The van der Waals surface area contributed by atoms with Crippen molar-refractivity contribution in [2.75, 3.05) is 12.0 Å². The maximum Gasteiger partial charge on any atom is 0.276 e. The lowest BCUT2D eigenvalue weighted by atomic mass is 10.1. The number of carbonyl (C=O) groups is 2. The first-order valence-electron chi connectivity index (χ1n) is 7.14. The number of amides is 2. The highest BCUT2D eigenvalue weighted by Gasteiger charge is 2.42. The number of nitrogens with one attached hydrogen (secondary N) is 1. The van der Waals surface area contributed by atoms with Crippen LogP contribution in [0.25, 0.3) is 0 Å². The van der Waals surface area contributed by atoms with Crippen LogP contribution in [0.5, 0.6) is 5.75 Å². The first-order valence-corrected chi connectivity index (χ1v) is 8.56. The summed E-state index contributed by atoms with van der Waals surface area (Å²) in [7, 11) is 0. The van der Waals surface area contributed by atoms with Crippen LogP contribution in [-0.4, -0.2) is 67.0 Å². The molecule has 2 N–H and O–H groups in total. The molecule has 0 aromatic carbocycles. The predicted octanol–water partition coefficient (Wildman–Crippen LogP) is -1.93. The molecule has 2 amide bonds. The Morgan fingerprint density at radius 1 is 1.55 bits per heavy atom. The molecular weight excluding hydrogens is 305 g/mol. The largest absolute Gasteiger partial charge is 0.503 e. The normalized spacial score (nSPS) is 23.1. The number of pyridine rings is 1. The third-order valence-electron chi connectivity index (χ3n) is 3.94. The Balaban J connectivity index is 2.12. The Labute approximate surface area is 134 Å². The molecule has 0 aliphatic carbocycles. The van der Waals surface area contributed by atoms with E-state index >= 15 is 0 Å². The lowest BCUT2D eigenvalue weighted by molar-refractivity contribution is 0.00625. The van der Waals surface area contributed by atoms with Gasteiger partial charge in [-0.25, -0.2) is 0 Å². The number of aromatic hydroxyl groups is 1. The SMILES string of the molecule is C[C@H]1CO[C@@H]2Cn3cc(C(=O)N[CH2][AlH2])c(=O)c(O)c3C(=O)N12. The number of fused-ring (bicyclic) bond motifs is 2. The molecule has 116 valence electrons. The van der Waals surface area contributed by atoms with Crippen molar-refractivity contribution in [2.24, 2.45) is 0 Å². The van der Waals surface area contributed by atoms with Crippen LogP contribution in [0.15, 0.2) is 11.0 Å². The molecular formula is C13H16AlN3O5. The second kappa shape index (κ2) is 5.43. The van der Waals surface area contributed by atoms with Crippen molar-refractivity contribution in [3.8, 4) is 5.75 Å². The smallest absolute Gasteiger partial charge is 0.276 e. The average molecular weight is 321 g/mol. The molecule has 3 heterocycles. The fraction of sp³-hybridized carbons (Fsp3) is 0.462. The van der Waals surface area contributed by atoms with Gasteiger partial charge < -0.3 is 24.6 Å². The second-order valence-electron chi connectivity index (χ2n) is 5.43. The van der Waals surface area contributed by atoms with E-state index in [1.165, 1.54) is 15.7 Å². The van der Waals surface area contributed by atoms with Crippen molar-refractivity contribution in [3.63, 3.8) is 0 Å². The average Bonchev–Trinajstić information content (AvgIpc) is 2.84. The molecule has 0 unspecified atom stereocenters. The molecule has 0 bridgehead atoms. The van der Waals surface area contributed by atoms with Crippen LogP contribution in [0.3, 0.4) is 0 Å². The van der Waals surface area contributed by atoms with Crippen molar-refractivity contribution in [3.05, 3.63) is 27.7 Å². The summed E-state index contributed by atoms with van der Waals surface area (Å²) in [6, 6.07) is -0.117. The van der Waals surface area contributed by atoms with E-state index in [-0.39, 0.29) is 23.8 Å². The van der Waals surface area contributed by atoms with Gasteiger partial charge in [0, 0.05) is 6.20 Å². The van der Waals surface area contributed by atoms with Gasteiger partial charge in [-0.3, -0.25) is 14.4 Å². The number of ether oxygens (including phenoxy) is 1. The van der Waals surface area contributed by atoms with E-state index in [1.807, 2.05) is 6.92 Å². The summed E-state index contributed by atoms with van der Waals surface area (Å²) in [6.45, 7) is 2.53. The molecule has 2 atom stereocenters. The number of rotatable bonds is 2. The quantitative estimate of drug-likeness (QED) is 0.618. The number of carbonyl (C=O) groups excluding carboxylic acids is 2. The maximum absolute atomic E-state index is 12.5. The van der Waals surface area contributed by atoms with Gasteiger partial charge >= 0.3 is 0 Å². The van der Waals surface area contributed by atoms with Crippen molar-refractivity contribution >= 4 is 28.1 Å². The molecule has 0 saturated carbocycles. The molecule has 2 aliphatic rings. The number of aromatic nitrogens is 1. The molecule has 22 heavy (non-hydrogen) atoms. The zero-order chi connectivity index (χ0) is 16.0. The van der Waals surface area contributed by atoms with Crippen LogP contribution >= 0.6 is 0 Å². The molecule has 0 spiro atoms. The molecule has 1 fully saturated rings. The van der Waals surface area contributed by atoms with Gasteiger partial charge in [0.15, 0.2) is 17.7 Å². The van der Waals surface area contributed by atoms with E-state index in [0.29, 0.717) is 12.0 Å². The Kier molecular flexibility index (Phi) is 3.72. The monoisotopic (exact) mass is 321 g/mol. The molecule has 9 heteroatoms. The van der Waals surface area contributed by atoms with E-state index < -0.39 is 29.2 Å². The fourth-order valence-electron chi connectivity index (χ4n) is 2.89. The molecule has 1 aromatic rings. The topological polar surface area (TPSA) is 101 Å². The molecule has 1 saturated heterocycles.